The molecule has 0 unspecified atom stereocenters. The second-order valence-corrected chi connectivity index (χ2v) is 14.6. The van der Waals surface area contributed by atoms with Crippen LogP contribution in [0.3, 0.4) is 0 Å². The number of rotatable bonds is 4. The van der Waals surface area contributed by atoms with Gasteiger partial charge in [-0.15, -0.1) is 0 Å². The summed E-state index contributed by atoms with van der Waals surface area (Å²) in [5.41, 5.74) is 2.15. The molecule has 0 amide bonds. The van der Waals surface area contributed by atoms with Crippen LogP contribution in [0.15, 0.2) is 64.5 Å². The molecule has 0 aromatic heterocycles. The molecule has 0 aliphatic heterocycles. The number of para-hydroxylation sites is 1. The van der Waals surface area contributed by atoms with Gasteiger partial charge in [-0.25, -0.2) is 0 Å². The van der Waals surface area contributed by atoms with Crippen LogP contribution in [0.4, 0.5) is 5.69 Å². The van der Waals surface area contributed by atoms with Gasteiger partial charge in [-0.3, -0.25) is 4.99 Å². The number of nitrogens with zero attached hydrogens (tertiary/aromatic N) is 1. The fraction of sp³-hybridized carbons (Fsp3) is 0.188. The van der Waals surface area contributed by atoms with Crippen molar-refractivity contribution in [3.63, 3.8) is 0 Å². The first-order chi connectivity index (χ1) is 9.03. The van der Waals surface area contributed by atoms with Crippen LogP contribution in [0.5, 0.6) is 0 Å². The summed E-state index contributed by atoms with van der Waals surface area (Å²) in [5.74, 6) is 0. The van der Waals surface area contributed by atoms with Crippen molar-refractivity contribution in [3.8, 4) is 0 Å². The van der Waals surface area contributed by atoms with E-state index in [9.17, 15) is 0 Å². The largest absolute Gasteiger partial charge is 0.256 e. The Morgan fingerprint density at radius 3 is 2.37 bits per heavy atom. The van der Waals surface area contributed by atoms with Gasteiger partial charge in [0.1, 0.15) is 7.22 Å². The summed E-state index contributed by atoms with van der Waals surface area (Å²) in [7, 11) is -1.14. The van der Waals surface area contributed by atoms with E-state index in [1.54, 1.807) is 0 Å². The molecule has 0 bridgehead atoms. The van der Waals surface area contributed by atoms with Crippen molar-refractivity contribution >= 4 is 30.3 Å². The Labute approximate surface area is 120 Å². The first kappa shape index (κ1) is 14.1. The minimum atomic E-state index is -1.14. The van der Waals surface area contributed by atoms with E-state index in [2.05, 4.69) is 48.9 Å². The molecule has 0 saturated carbocycles. The number of hydrogen-bond donors (Lipinski definition) is 0. The molecule has 0 fully saturated rings. The summed E-state index contributed by atoms with van der Waals surface area (Å²) in [4.78, 5) is 5.83. The van der Waals surface area contributed by atoms with Crippen molar-refractivity contribution in [1.29, 1.82) is 0 Å². The Bertz CT molecular complexity index is 558. The molecule has 0 N–H and O–H groups in total. The van der Waals surface area contributed by atoms with E-state index in [1.807, 2.05) is 47.8 Å². The quantitative estimate of drug-likeness (QED) is 0.544. The van der Waals surface area contributed by atoms with Gasteiger partial charge in [-0.1, -0.05) is 50.0 Å². The lowest BCUT2D eigenvalue weighted by Gasteiger charge is -2.15. The molecule has 0 heterocycles. The highest BCUT2D eigenvalue weighted by atomic mass is 32.4. The second kappa shape index (κ2) is 6.22. The zero-order chi connectivity index (χ0) is 13.7. The first-order valence-corrected chi connectivity index (χ1v) is 11.5. The fourth-order valence-corrected chi connectivity index (χ4v) is 5.23. The number of benzene rings is 2. The summed E-state index contributed by atoms with van der Waals surface area (Å²) < 4.78 is 0. The fourth-order valence-electron chi connectivity index (χ4n) is 1.68. The summed E-state index contributed by atoms with van der Waals surface area (Å²) in [6.45, 7) is 7.09. The SMILES string of the molecule is C[Si](C)(C)Sc1cccc(/C=N\c2ccccc2)c1. The number of hydrogen-bond acceptors (Lipinski definition) is 2. The van der Waals surface area contributed by atoms with E-state index in [4.69, 9.17) is 0 Å². The molecule has 0 aliphatic rings. The molecule has 0 aliphatic carbocycles. The molecular formula is C16H19NSSi. The van der Waals surface area contributed by atoms with Gasteiger partial charge in [0.15, 0.2) is 0 Å². The van der Waals surface area contributed by atoms with Gasteiger partial charge in [0.2, 0.25) is 0 Å². The Morgan fingerprint density at radius 1 is 0.947 bits per heavy atom. The van der Waals surface area contributed by atoms with Gasteiger partial charge in [0, 0.05) is 11.1 Å². The van der Waals surface area contributed by atoms with Gasteiger partial charge in [0.25, 0.3) is 0 Å². The van der Waals surface area contributed by atoms with Crippen molar-refractivity contribution in [1.82, 2.24) is 0 Å². The first-order valence-electron chi connectivity index (χ1n) is 6.41. The highest BCUT2D eigenvalue weighted by Gasteiger charge is 2.14. The lowest BCUT2D eigenvalue weighted by molar-refractivity contribution is 1.45. The molecule has 0 atom stereocenters. The average Bonchev–Trinajstić information content (AvgIpc) is 2.36. The van der Waals surface area contributed by atoms with Crippen LogP contribution in [-0.2, 0) is 0 Å². The van der Waals surface area contributed by atoms with Crippen molar-refractivity contribution in [3.05, 3.63) is 60.2 Å². The van der Waals surface area contributed by atoms with Gasteiger partial charge >= 0.3 is 0 Å². The lowest BCUT2D eigenvalue weighted by atomic mass is 10.2. The van der Waals surface area contributed by atoms with Crippen molar-refractivity contribution in [2.75, 3.05) is 0 Å². The van der Waals surface area contributed by atoms with Gasteiger partial charge < -0.3 is 0 Å². The standard InChI is InChI=1S/C16H19NSSi/c1-19(2,3)18-16-11-7-8-14(12-16)13-17-15-9-5-4-6-10-15/h4-13H,1-3H3/b17-13-. The zero-order valence-electron chi connectivity index (χ0n) is 11.6. The molecule has 2 rings (SSSR count). The third kappa shape index (κ3) is 5.05. The average molecular weight is 285 g/mol. The molecule has 0 saturated heterocycles. The maximum atomic E-state index is 4.49. The highest BCUT2D eigenvalue weighted by molar-refractivity contribution is 8.28. The topological polar surface area (TPSA) is 12.4 Å². The van der Waals surface area contributed by atoms with Gasteiger partial charge in [0.05, 0.1) is 5.69 Å². The molecule has 3 heteroatoms. The van der Waals surface area contributed by atoms with Crippen molar-refractivity contribution in [2.24, 2.45) is 4.99 Å². The Balaban J connectivity index is 2.13. The number of aliphatic imine (C=N–C) groups is 1. The summed E-state index contributed by atoms with van der Waals surface area (Å²) in [6.07, 6.45) is 1.93. The molecular weight excluding hydrogens is 266 g/mol. The van der Waals surface area contributed by atoms with Crippen LogP contribution < -0.4 is 0 Å². The molecule has 98 valence electrons. The van der Waals surface area contributed by atoms with E-state index >= 15 is 0 Å². The summed E-state index contributed by atoms with van der Waals surface area (Å²) in [6, 6.07) is 18.6. The minimum absolute atomic E-state index is 0.991. The third-order valence-electron chi connectivity index (χ3n) is 2.40. The second-order valence-electron chi connectivity index (χ2n) is 5.38. The van der Waals surface area contributed by atoms with E-state index in [1.165, 1.54) is 4.90 Å². The van der Waals surface area contributed by atoms with E-state index in [-0.39, 0.29) is 0 Å². The van der Waals surface area contributed by atoms with Crippen molar-refractivity contribution in [2.45, 2.75) is 24.5 Å². The molecule has 0 spiro atoms. The van der Waals surface area contributed by atoms with Crippen LogP contribution in [-0.4, -0.2) is 13.4 Å². The molecule has 0 radical (unpaired) electrons. The Hall–Kier alpha value is -1.32. The van der Waals surface area contributed by atoms with Gasteiger partial charge in [-0.05, 0) is 29.8 Å². The molecule has 2 aromatic carbocycles. The van der Waals surface area contributed by atoms with E-state index in [0.29, 0.717) is 0 Å². The van der Waals surface area contributed by atoms with Crippen LogP contribution in [0.25, 0.3) is 0 Å². The normalized spacial score (nSPS) is 11.9. The summed E-state index contributed by atoms with van der Waals surface area (Å²) in [5, 5.41) is 0. The highest BCUT2D eigenvalue weighted by Crippen LogP contribution is 2.29. The molecule has 1 nitrogen and oxygen atoms in total. The molecule has 19 heavy (non-hydrogen) atoms. The minimum Gasteiger partial charge on any atom is -0.256 e. The van der Waals surface area contributed by atoms with Gasteiger partial charge in [-0.2, -0.15) is 11.2 Å². The van der Waals surface area contributed by atoms with Crippen LogP contribution in [0.1, 0.15) is 5.56 Å². The predicted octanol–water partition coefficient (Wildman–Crippen LogP) is 5.36. The maximum Gasteiger partial charge on any atom is 0.114 e. The smallest absolute Gasteiger partial charge is 0.114 e. The maximum absolute atomic E-state index is 4.49. The zero-order valence-corrected chi connectivity index (χ0v) is 13.4. The van der Waals surface area contributed by atoms with Crippen molar-refractivity contribution < 1.29 is 0 Å². The monoisotopic (exact) mass is 285 g/mol. The van der Waals surface area contributed by atoms with Crippen LogP contribution in [0, 0.1) is 0 Å². The summed E-state index contributed by atoms with van der Waals surface area (Å²) >= 11 is 2.01. The Morgan fingerprint density at radius 2 is 1.68 bits per heavy atom. The van der Waals surface area contributed by atoms with E-state index < -0.39 is 7.22 Å². The van der Waals surface area contributed by atoms with E-state index in [0.717, 1.165) is 11.3 Å². The predicted molar refractivity (Wildman–Crippen MR) is 89.3 cm³/mol. The van der Waals surface area contributed by atoms with Crippen LogP contribution in [0.2, 0.25) is 19.6 Å². The molecule has 2 aromatic rings. The van der Waals surface area contributed by atoms with Crippen LogP contribution >= 0.6 is 11.2 Å². The Kier molecular flexibility index (Phi) is 4.61. The third-order valence-corrected chi connectivity index (χ3v) is 6.05. The lowest BCUT2D eigenvalue weighted by Crippen LogP contribution is -2.13.